The molecule has 0 aromatic heterocycles. The summed E-state index contributed by atoms with van der Waals surface area (Å²) in [5.41, 5.74) is 1.53. The number of nitrogens with one attached hydrogen (secondary N) is 1. The topological polar surface area (TPSA) is 56.8 Å². The predicted molar refractivity (Wildman–Crippen MR) is 100 cm³/mol. The van der Waals surface area contributed by atoms with Gasteiger partial charge in [0.2, 0.25) is 0 Å². The second-order valence-electron chi connectivity index (χ2n) is 4.94. The first-order chi connectivity index (χ1) is 11.4. The molecule has 0 fully saturated rings. The van der Waals surface area contributed by atoms with Gasteiger partial charge in [-0.25, -0.2) is 0 Å². The van der Waals surface area contributed by atoms with Crippen molar-refractivity contribution in [2.45, 2.75) is 6.92 Å². The van der Waals surface area contributed by atoms with Crippen molar-refractivity contribution >= 4 is 43.5 Å². The number of hydrogen-bond donors (Lipinski definition) is 1. The Kier molecular flexibility index (Phi) is 6.51. The lowest BCUT2D eigenvalue weighted by atomic mass is 10.2. The number of amides is 1. The van der Waals surface area contributed by atoms with Crippen LogP contribution in [0.5, 0.6) is 17.2 Å². The van der Waals surface area contributed by atoms with E-state index in [9.17, 15) is 4.79 Å². The molecule has 0 saturated heterocycles. The fraction of sp³-hybridized carbons (Fsp3) is 0.235. The quantitative estimate of drug-likeness (QED) is 0.689. The lowest BCUT2D eigenvalue weighted by Crippen LogP contribution is -2.20. The molecule has 0 atom stereocenters. The molecule has 0 heterocycles. The van der Waals surface area contributed by atoms with Gasteiger partial charge in [-0.15, -0.1) is 0 Å². The maximum Gasteiger partial charge on any atom is 0.262 e. The molecular formula is C17H17Br2NO4. The maximum atomic E-state index is 12.1. The molecule has 1 N–H and O–H groups in total. The minimum atomic E-state index is -0.267. The van der Waals surface area contributed by atoms with Crippen molar-refractivity contribution in [2.24, 2.45) is 0 Å². The van der Waals surface area contributed by atoms with Gasteiger partial charge in [0, 0.05) is 16.2 Å². The van der Waals surface area contributed by atoms with Crippen LogP contribution in [0.4, 0.5) is 5.69 Å². The summed E-state index contributed by atoms with van der Waals surface area (Å²) in [6, 6.07) is 8.95. The fourth-order valence-corrected chi connectivity index (χ4v) is 3.67. The molecule has 0 aliphatic rings. The lowest BCUT2D eigenvalue weighted by Gasteiger charge is -2.13. The van der Waals surface area contributed by atoms with Crippen LogP contribution in [0.25, 0.3) is 0 Å². The summed E-state index contributed by atoms with van der Waals surface area (Å²) >= 11 is 6.84. The first-order valence-corrected chi connectivity index (χ1v) is 8.63. The lowest BCUT2D eigenvalue weighted by molar-refractivity contribution is -0.118. The summed E-state index contributed by atoms with van der Waals surface area (Å²) < 4.78 is 17.7. The number of benzene rings is 2. The Labute approximate surface area is 157 Å². The van der Waals surface area contributed by atoms with Crippen LogP contribution in [-0.2, 0) is 4.79 Å². The van der Waals surface area contributed by atoms with E-state index in [0.29, 0.717) is 22.9 Å². The highest BCUT2D eigenvalue weighted by molar-refractivity contribution is 9.11. The Morgan fingerprint density at radius 1 is 1.08 bits per heavy atom. The second-order valence-corrected chi connectivity index (χ2v) is 6.71. The SMILES string of the molecule is COc1ccc(NC(=O)COc2c(C)cc(Br)cc2Br)cc1OC. The molecule has 7 heteroatoms. The molecule has 0 bridgehead atoms. The summed E-state index contributed by atoms with van der Waals surface area (Å²) in [6.07, 6.45) is 0. The molecule has 2 aromatic carbocycles. The van der Waals surface area contributed by atoms with Gasteiger partial charge in [0.1, 0.15) is 5.75 Å². The van der Waals surface area contributed by atoms with Crippen molar-refractivity contribution in [3.8, 4) is 17.2 Å². The van der Waals surface area contributed by atoms with Crippen molar-refractivity contribution in [3.05, 3.63) is 44.8 Å². The Hall–Kier alpha value is -1.73. The Balaban J connectivity index is 2.02. The van der Waals surface area contributed by atoms with Gasteiger partial charge in [-0.1, -0.05) is 15.9 Å². The van der Waals surface area contributed by atoms with Crippen LogP contribution < -0.4 is 19.5 Å². The largest absolute Gasteiger partial charge is 0.493 e. The molecule has 0 spiro atoms. The molecule has 5 nitrogen and oxygen atoms in total. The predicted octanol–water partition coefficient (Wildman–Crippen LogP) is 4.55. The van der Waals surface area contributed by atoms with Crippen molar-refractivity contribution < 1.29 is 19.0 Å². The summed E-state index contributed by atoms with van der Waals surface area (Å²) in [5, 5.41) is 2.76. The summed E-state index contributed by atoms with van der Waals surface area (Å²) in [5.74, 6) is 1.51. The summed E-state index contributed by atoms with van der Waals surface area (Å²) in [4.78, 5) is 12.1. The number of carbonyl (C=O) groups excluding carboxylic acids is 1. The molecule has 0 radical (unpaired) electrons. The maximum absolute atomic E-state index is 12.1. The monoisotopic (exact) mass is 457 g/mol. The van der Waals surface area contributed by atoms with Crippen molar-refractivity contribution in [1.82, 2.24) is 0 Å². The van der Waals surface area contributed by atoms with Crippen LogP contribution >= 0.6 is 31.9 Å². The van der Waals surface area contributed by atoms with E-state index in [4.69, 9.17) is 14.2 Å². The standard InChI is InChI=1S/C17H17Br2NO4/c1-10-6-11(18)7-13(19)17(10)24-9-16(21)20-12-4-5-14(22-2)15(8-12)23-3/h4-8H,9H2,1-3H3,(H,20,21). The molecule has 2 rings (SSSR count). The molecule has 0 aliphatic carbocycles. The molecular weight excluding hydrogens is 442 g/mol. The van der Waals surface area contributed by atoms with Crippen LogP contribution in [0.3, 0.4) is 0 Å². The number of hydrogen-bond acceptors (Lipinski definition) is 4. The third kappa shape index (κ3) is 4.64. The minimum Gasteiger partial charge on any atom is -0.493 e. The minimum absolute atomic E-state index is 0.102. The molecule has 128 valence electrons. The highest BCUT2D eigenvalue weighted by Gasteiger charge is 2.11. The highest BCUT2D eigenvalue weighted by atomic mass is 79.9. The van der Waals surface area contributed by atoms with E-state index >= 15 is 0 Å². The van der Waals surface area contributed by atoms with E-state index < -0.39 is 0 Å². The second kappa shape index (κ2) is 8.39. The summed E-state index contributed by atoms with van der Waals surface area (Å²) in [6.45, 7) is 1.81. The van der Waals surface area contributed by atoms with Gasteiger partial charge in [0.05, 0.1) is 18.7 Å². The van der Waals surface area contributed by atoms with Crippen LogP contribution in [0.1, 0.15) is 5.56 Å². The van der Waals surface area contributed by atoms with Gasteiger partial charge in [0.25, 0.3) is 5.91 Å². The zero-order chi connectivity index (χ0) is 17.7. The molecule has 0 aliphatic heterocycles. The van der Waals surface area contributed by atoms with Crippen LogP contribution in [0, 0.1) is 6.92 Å². The first kappa shape index (κ1) is 18.6. The van der Waals surface area contributed by atoms with E-state index in [1.807, 2.05) is 19.1 Å². The van der Waals surface area contributed by atoms with Crippen LogP contribution in [0.15, 0.2) is 39.3 Å². The van der Waals surface area contributed by atoms with E-state index in [0.717, 1.165) is 14.5 Å². The number of methoxy groups -OCH3 is 2. The Morgan fingerprint density at radius 3 is 2.42 bits per heavy atom. The van der Waals surface area contributed by atoms with Gasteiger partial charge in [-0.2, -0.15) is 0 Å². The van der Waals surface area contributed by atoms with Crippen molar-refractivity contribution in [1.29, 1.82) is 0 Å². The van der Waals surface area contributed by atoms with Crippen LogP contribution in [0.2, 0.25) is 0 Å². The highest BCUT2D eigenvalue weighted by Crippen LogP contribution is 2.32. The molecule has 24 heavy (non-hydrogen) atoms. The zero-order valence-corrected chi connectivity index (χ0v) is 16.7. The van der Waals surface area contributed by atoms with Crippen molar-refractivity contribution in [2.75, 3.05) is 26.1 Å². The van der Waals surface area contributed by atoms with Gasteiger partial charge < -0.3 is 19.5 Å². The average Bonchev–Trinajstić information content (AvgIpc) is 2.53. The first-order valence-electron chi connectivity index (χ1n) is 7.05. The van der Waals surface area contributed by atoms with Gasteiger partial charge in [-0.05, 0) is 52.7 Å². The zero-order valence-electron chi connectivity index (χ0n) is 13.5. The fourth-order valence-electron chi connectivity index (χ4n) is 2.12. The number of anilines is 1. The molecule has 0 unspecified atom stereocenters. The van der Waals surface area contributed by atoms with E-state index in [-0.39, 0.29) is 12.5 Å². The Morgan fingerprint density at radius 2 is 1.79 bits per heavy atom. The van der Waals surface area contributed by atoms with Crippen molar-refractivity contribution in [3.63, 3.8) is 0 Å². The van der Waals surface area contributed by atoms with E-state index in [1.165, 1.54) is 0 Å². The number of halogens is 2. The summed E-state index contributed by atoms with van der Waals surface area (Å²) in [7, 11) is 3.10. The molecule has 1 amide bonds. The smallest absolute Gasteiger partial charge is 0.262 e. The number of rotatable bonds is 6. The van der Waals surface area contributed by atoms with E-state index in [2.05, 4.69) is 37.2 Å². The molecule has 0 saturated carbocycles. The third-order valence-corrected chi connectivity index (χ3v) is 4.26. The molecule has 2 aromatic rings. The third-order valence-electron chi connectivity index (χ3n) is 3.21. The average molecular weight is 459 g/mol. The van der Waals surface area contributed by atoms with Gasteiger partial charge in [0.15, 0.2) is 18.1 Å². The number of carbonyl (C=O) groups is 1. The van der Waals surface area contributed by atoms with Gasteiger partial charge in [-0.3, -0.25) is 4.79 Å². The van der Waals surface area contributed by atoms with Gasteiger partial charge >= 0.3 is 0 Å². The number of ether oxygens (including phenoxy) is 3. The van der Waals surface area contributed by atoms with E-state index in [1.54, 1.807) is 32.4 Å². The normalized spacial score (nSPS) is 10.2. The Bertz CT molecular complexity index is 726. The number of aryl methyl sites for hydroxylation is 1. The van der Waals surface area contributed by atoms with Crippen LogP contribution in [-0.4, -0.2) is 26.7 Å².